The van der Waals surface area contributed by atoms with Crippen LogP contribution in [0.1, 0.15) is 13.8 Å². The molecule has 2 rings (SSSR count). The molecule has 0 saturated heterocycles. The first-order valence-electron chi connectivity index (χ1n) is 5.24. The van der Waals surface area contributed by atoms with E-state index in [1.165, 1.54) is 6.20 Å². The fraction of sp³-hybridized carbons (Fsp3) is 0.273. The van der Waals surface area contributed by atoms with Crippen molar-refractivity contribution < 1.29 is 4.92 Å². The number of fused-ring (bicyclic) bond motifs is 1. The lowest BCUT2D eigenvalue weighted by atomic mass is 10.2. The van der Waals surface area contributed by atoms with Gasteiger partial charge in [-0.2, -0.15) is 0 Å². The van der Waals surface area contributed by atoms with E-state index in [-0.39, 0.29) is 11.7 Å². The van der Waals surface area contributed by atoms with Crippen LogP contribution in [0.3, 0.4) is 0 Å². The molecule has 0 spiro atoms. The first-order chi connectivity index (χ1) is 8.09. The van der Waals surface area contributed by atoms with E-state index in [0.717, 1.165) is 0 Å². The van der Waals surface area contributed by atoms with Gasteiger partial charge in [-0.15, -0.1) is 0 Å². The third kappa shape index (κ3) is 2.15. The molecule has 0 radical (unpaired) electrons. The Morgan fingerprint density at radius 1 is 1.41 bits per heavy atom. The van der Waals surface area contributed by atoms with Crippen molar-refractivity contribution in [3.63, 3.8) is 0 Å². The van der Waals surface area contributed by atoms with E-state index >= 15 is 0 Å². The van der Waals surface area contributed by atoms with Crippen molar-refractivity contribution in [3.05, 3.63) is 34.6 Å². The summed E-state index contributed by atoms with van der Waals surface area (Å²) >= 11 is 0. The highest BCUT2D eigenvalue weighted by Crippen LogP contribution is 2.30. The monoisotopic (exact) mass is 232 g/mol. The van der Waals surface area contributed by atoms with Crippen LogP contribution in [0.5, 0.6) is 0 Å². The summed E-state index contributed by atoms with van der Waals surface area (Å²) in [6.45, 7) is 3.83. The van der Waals surface area contributed by atoms with Gasteiger partial charge in [-0.05, 0) is 26.0 Å². The molecule has 0 fully saturated rings. The van der Waals surface area contributed by atoms with Gasteiger partial charge in [0.25, 0.3) is 0 Å². The number of anilines is 1. The molecule has 0 aliphatic heterocycles. The minimum absolute atomic E-state index is 0.0510. The second-order valence-corrected chi connectivity index (χ2v) is 3.95. The van der Waals surface area contributed by atoms with Gasteiger partial charge in [0.1, 0.15) is 17.4 Å². The molecule has 0 aliphatic rings. The summed E-state index contributed by atoms with van der Waals surface area (Å²) in [5, 5.41) is 14.0. The zero-order valence-electron chi connectivity index (χ0n) is 9.54. The highest BCUT2D eigenvalue weighted by Gasteiger charge is 2.19. The Bertz CT molecular complexity index is 568. The summed E-state index contributed by atoms with van der Waals surface area (Å²) in [7, 11) is 0. The van der Waals surface area contributed by atoms with Crippen LogP contribution in [0.2, 0.25) is 0 Å². The number of hydrogen-bond donors (Lipinski definition) is 1. The van der Waals surface area contributed by atoms with Gasteiger partial charge in [-0.3, -0.25) is 15.1 Å². The zero-order valence-corrected chi connectivity index (χ0v) is 9.54. The number of pyridine rings is 2. The van der Waals surface area contributed by atoms with Gasteiger partial charge >= 0.3 is 5.69 Å². The Hall–Kier alpha value is -2.24. The standard InChI is InChI=1S/C11H12N4O2/c1-7(2)14-11-9(15(16)17)6-13-8-4-3-5-12-10(8)11/h3-7H,1-2H3,(H,13,14). The molecule has 0 amide bonds. The van der Waals surface area contributed by atoms with Crippen molar-refractivity contribution in [3.8, 4) is 0 Å². The van der Waals surface area contributed by atoms with Gasteiger partial charge < -0.3 is 5.32 Å². The molecule has 2 aromatic heterocycles. The van der Waals surface area contributed by atoms with E-state index in [2.05, 4.69) is 15.3 Å². The van der Waals surface area contributed by atoms with Crippen LogP contribution >= 0.6 is 0 Å². The molecule has 0 aliphatic carbocycles. The van der Waals surface area contributed by atoms with Crippen LogP contribution in [0.4, 0.5) is 11.4 Å². The van der Waals surface area contributed by atoms with Gasteiger partial charge in [0.15, 0.2) is 0 Å². The fourth-order valence-corrected chi connectivity index (χ4v) is 1.58. The molecule has 88 valence electrons. The largest absolute Gasteiger partial charge is 0.375 e. The topological polar surface area (TPSA) is 81.0 Å². The van der Waals surface area contributed by atoms with Gasteiger partial charge in [0.05, 0.1) is 10.4 Å². The third-order valence-corrected chi connectivity index (χ3v) is 2.23. The Labute approximate surface area is 97.9 Å². The van der Waals surface area contributed by atoms with Crippen LogP contribution in [-0.4, -0.2) is 20.9 Å². The average Bonchev–Trinajstić information content (AvgIpc) is 2.28. The van der Waals surface area contributed by atoms with E-state index in [1.54, 1.807) is 18.3 Å². The molecule has 6 nitrogen and oxygen atoms in total. The highest BCUT2D eigenvalue weighted by atomic mass is 16.6. The summed E-state index contributed by atoms with van der Waals surface area (Å²) in [5.41, 5.74) is 1.54. The first kappa shape index (κ1) is 11.3. The third-order valence-electron chi connectivity index (χ3n) is 2.23. The van der Waals surface area contributed by atoms with E-state index in [0.29, 0.717) is 16.7 Å². The van der Waals surface area contributed by atoms with E-state index in [4.69, 9.17) is 0 Å². The van der Waals surface area contributed by atoms with E-state index in [9.17, 15) is 10.1 Å². The number of hydrogen-bond acceptors (Lipinski definition) is 5. The van der Waals surface area contributed by atoms with Crippen molar-refractivity contribution in [1.82, 2.24) is 9.97 Å². The second-order valence-electron chi connectivity index (χ2n) is 3.95. The van der Waals surface area contributed by atoms with Crippen LogP contribution in [0.25, 0.3) is 11.0 Å². The number of nitrogens with one attached hydrogen (secondary N) is 1. The maximum atomic E-state index is 10.9. The van der Waals surface area contributed by atoms with E-state index < -0.39 is 4.92 Å². The van der Waals surface area contributed by atoms with Gasteiger partial charge in [-0.25, -0.2) is 4.98 Å². The minimum atomic E-state index is -0.453. The maximum absolute atomic E-state index is 10.9. The lowest BCUT2D eigenvalue weighted by Crippen LogP contribution is -2.12. The quantitative estimate of drug-likeness (QED) is 0.649. The Morgan fingerprint density at radius 2 is 2.18 bits per heavy atom. The smallest absolute Gasteiger partial charge is 0.312 e. The maximum Gasteiger partial charge on any atom is 0.312 e. The van der Waals surface area contributed by atoms with Crippen LogP contribution in [-0.2, 0) is 0 Å². The van der Waals surface area contributed by atoms with Gasteiger partial charge in [0, 0.05) is 12.2 Å². The van der Waals surface area contributed by atoms with E-state index in [1.807, 2.05) is 13.8 Å². The highest BCUT2D eigenvalue weighted by molar-refractivity contribution is 5.92. The lowest BCUT2D eigenvalue weighted by molar-refractivity contribution is -0.384. The van der Waals surface area contributed by atoms with Gasteiger partial charge in [-0.1, -0.05) is 0 Å². The molecule has 6 heteroatoms. The predicted octanol–water partition coefficient (Wildman–Crippen LogP) is 2.36. The molecule has 0 saturated carbocycles. The van der Waals surface area contributed by atoms with Crippen LogP contribution in [0, 0.1) is 10.1 Å². The van der Waals surface area contributed by atoms with Crippen molar-refractivity contribution >= 4 is 22.4 Å². The molecule has 2 heterocycles. The zero-order chi connectivity index (χ0) is 12.4. The number of rotatable bonds is 3. The summed E-state index contributed by atoms with van der Waals surface area (Å²) in [4.78, 5) is 18.7. The molecule has 0 aromatic carbocycles. The van der Waals surface area contributed by atoms with Gasteiger partial charge in [0.2, 0.25) is 0 Å². The van der Waals surface area contributed by atoms with Crippen molar-refractivity contribution in [2.24, 2.45) is 0 Å². The summed E-state index contributed by atoms with van der Waals surface area (Å²) < 4.78 is 0. The van der Waals surface area contributed by atoms with Crippen molar-refractivity contribution in [2.45, 2.75) is 19.9 Å². The molecule has 2 aromatic rings. The summed E-state index contributed by atoms with van der Waals surface area (Å²) in [5.74, 6) is 0. The van der Waals surface area contributed by atoms with Crippen LogP contribution < -0.4 is 5.32 Å². The minimum Gasteiger partial charge on any atom is -0.375 e. The Morgan fingerprint density at radius 3 is 2.82 bits per heavy atom. The summed E-state index contributed by atoms with van der Waals surface area (Å²) in [6, 6.07) is 3.61. The Kier molecular flexibility index (Phi) is 2.86. The van der Waals surface area contributed by atoms with Crippen molar-refractivity contribution in [2.75, 3.05) is 5.32 Å². The molecule has 0 atom stereocenters. The first-order valence-corrected chi connectivity index (χ1v) is 5.24. The molecule has 1 N–H and O–H groups in total. The Balaban J connectivity index is 2.70. The molecular weight excluding hydrogens is 220 g/mol. The molecule has 0 bridgehead atoms. The lowest BCUT2D eigenvalue weighted by Gasteiger charge is -2.11. The second kappa shape index (κ2) is 4.32. The fourth-order valence-electron chi connectivity index (χ4n) is 1.58. The predicted molar refractivity (Wildman–Crippen MR) is 65.0 cm³/mol. The van der Waals surface area contributed by atoms with Crippen LogP contribution in [0.15, 0.2) is 24.5 Å². The number of aromatic nitrogens is 2. The number of nitrogens with zero attached hydrogens (tertiary/aromatic N) is 3. The SMILES string of the molecule is CC(C)Nc1c([N+](=O)[O-])cnc2cccnc12. The number of nitro groups is 1. The molecule has 17 heavy (non-hydrogen) atoms. The molecular formula is C11H12N4O2. The van der Waals surface area contributed by atoms with Crippen molar-refractivity contribution in [1.29, 1.82) is 0 Å². The average molecular weight is 232 g/mol. The summed E-state index contributed by atoms with van der Waals surface area (Å²) in [6.07, 6.45) is 2.86. The molecule has 0 unspecified atom stereocenters. The normalized spacial score (nSPS) is 10.8.